The Morgan fingerprint density at radius 1 is 0.654 bits per heavy atom. The molecular formula is C24H32O2. The number of hydrogen-bond acceptors (Lipinski definition) is 2. The summed E-state index contributed by atoms with van der Waals surface area (Å²) >= 11 is 0. The van der Waals surface area contributed by atoms with Gasteiger partial charge in [0, 0.05) is 13.2 Å². The first-order valence-electron chi connectivity index (χ1n) is 9.64. The first-order chi connectivity index (χ1) is 12.3. The Labute approximate surface area is 157 Å². The average molecular weight is 353 g/mol. The first kappa shape index (κ1) is 19.1. The highest BCUT2D eigenvalue weighted by Crippen LogP contribution is 2.37. The molecule has 2 N–H and O–H groups in total. The first-order valence-corrected chi connectivity index (χ1v) is 9.64. The number of rotatable bonds is 2. The van der Waals surface area contributed by atoms with E-state index in [0.717, 1.165) is 25.7 Å². The van der Waals surface area contributed by atoms with Crippen molar-refractivity contribution in [1.29, 1.82) is 0 Å². The molecular weight excluding hydrogens is 320 g/mol. The quantitative estimate of drug-likeness (QED) is 0.851. The van der Waals surface area contributed by atoms with Crippen molar-refractivity contribution in [1.82, 2.24) is 0 Å². The molecule has 0 heterocycles. The summed E-state index contributed by atoms with van der Waals surface area (Å²) in [6.07, 6.45) is 4.11. The summed E-state index contributed by atoms with van der Waals surface area (Å²) in [6.45, 7) is 9.13. The summed E-state index contributed by atoms with van der Waals surface area (Å²) in [5.41, 5.74) is 8.52. The lowest BCUT2D eigenvalue weighted by Crippen LogP contribution is -2.21. The number of aryl methyl sites for hydroxylation is 2. The van der Waals surface area contributed by atoms with Gasteiger partial charge >= 0.3 is 0 Å². The summed E-state index contributed by atoms with van der Waals surface area (Å²) in [6, 6.07) is 13.2. The van der Waals surface area contributed by atoms with Crippen molar-refractivity contribution >= 4 is 0 Å². The van der Waals surface area contributed by atoms with E-state index >= 15 is 0 Å². The van der Waals surface area contributed by atoms with Crippen LogP contribution < -0.4 is 0 Å². The third-order valence-corrected chi connectivity index (χ3v) is 5.96. The summed E-state index contributed by atoms with van der Waals surface area (Å²) in [7, 11) is 0. The number of benzene rings is 2. The van der Waals surface area contributed by atoms with E-state index in [1.165, 1.54) is 33.4 Å². The topological polar surface area (TPSA) is 40.5 Å². The molecule has 2 unspecified atom stereocenters. The van der Waals surface area contributed by atoms with Crippen LogP contribution in [0.1, 0.15) is 47.2 Å². The zero-order valence-electron chi connectivity index (χ0n) is 16.6. The van der Waals surface area contributed by atoms with Crippen LogP contribution in [0.15, 0.2) is 36.4 Å². The molecule has 0 bridgehead atoms. The fraction of sp³-hybridized carbons (Fsp3) is 0.500. The summed E-state index contributed by atoms with van der Waals surface area (Å²) < 4.78 is 0. The molecule has 2 aliphatic carbocycles. The molecule has 0 saturated heterocycles. The Hall–Kier alpha value is -1.64. The normalized spacial score (nSPS) is 26.1. The number of aliphatic hydroxyl groups excluding tert-OH is 2. The van der Waals surface area contributed by atoms with Gasteiger partial charge in [-0.1, -0.05) is 61.4 Å². The van der Waals surface area contributed by atoms with Crippen molar-refractivity contribution in [2.24, 2.45) is 10.8 Å². The smallest absolute Gasteiger partial charge is 0.0491 e. The summed E-state index contributed by atoms with van der Waals surface area (Å²) in [5, 5.41) is 18.5. The lowest BCUT2D eigenvalue weighted by molar-refractivity contribution is 0.152. The highest BCUT2D eigenvalue weighted by atomic mass is 16.3. The highest BCUT2D eigenvalue weighted by Gasteiger charge is 2.32. The largest absolute Gasteiger partial charge is 0.396 e. The fourth-order valence-corrected chi connectivity index (χ4v) is 4.37. The Morgan fingerprint density at radius 3 is 1.35 bits per heavy atom. The maximum absolute atomic E-state index is 9.27. The van der Waals surface area contributed by atoms with E-state index in [1.54, 1.807) is 0 Å². The number of aliphatic hydroxyl groups is 2. The average Bonchev–Trinajstić information content (AvgIpc) is 3.11. The van der Waals surface area contributed by atoms with Gasteiger partial charge in [0.15, 0.2) is 0 Å². The van der Waals surface area contributed by atoms with Crippen molar-refractivity contribution in [3.63, 3.8) is 0 Å². The van der Waals surface area contributed by atoms with Crippen molar-refractivity contribution in [3.05, 3.63) is 69.8 Å². The van der Waals surface area contributed by atoms with E-state index in [-0.39, 0.29) is 10.8 Å². The van der Waals surface area contributed by atoms with E-state index in [2.05, 4.69) is 64.1 Å². The maximum Gasteiger partial charge on any atom is 0.0491 e. The van der Waals surface area contributed by atoms with Gasteiger partial charge < -0.3 is 10.2 Å². The maximum atomic E-state index is 9.27. The molecule has 26 heavy (non-hydrogen) atoms. The molecule has 0 saturated carbocycles. The van der Waals surface area contributed by atoms with Crippen LogP contribution in [0.4, 0.5) is 0 Å². The third-order valence-electron chi connectivity index (χ3n) is 5.96. The Morgan fingerprint density at radius 2 is 1.00 bits per heavy atom. The monoisotopic (exact) mass is 352 g/mol. The van der Waals surface area contributed by atoms with Crippen LogP contribution in [0.3, 0.4) is 0 Å². The second kappa shape index (κ2) is 7.17. The molecule has 2 aromatic carbocycles. The van der Waals surface area contributed by atoms with E-state index < -0.39 is 0 Å². The second-order valence-electron chi connectivity index (χ2n) is 9.19. The lowest BCUT2D eigenvalue weighted by atomic mass is 9.88. The van der Waals surface area contributed by atoms with Crippen molar-refractivity contribution in [2.45, 2.75) is 53.4 Å². The molecule has 0 radical (unpaired) electrons. The molecule has 0 spiro atoms. The van der Waals surface area contributed by atoms with Crippen LogP contribution in [0.5, 0.6) is 0 Å². The predicted octanol–water partition coefficient (Wildman–Crippen LogP) is 4.18. The Bertz CT molecular complexity index is 727. The molecule has 0 amide bonds. The van der Waals surface area contributed by atoms with Crippen molar-refractivity contribution in [2.75, 3.05) is 13.2 Å². The van der Waals surface area contributed by atoms with Crippen LogP contribution in [0, 0.1) is 24.7 Å². The fourth-order valence-electron chi connectivity index (χ4n) is 4.37. The summed E-state index contributed by atoms with van der Waals surface area (Å²) in [5.74, 6) is 0. The van der Waals surface area contributed by atoms with Gasteiger partial charge in [0.25, 0.3) is 0 Å². The van der Waals surface area contributed by atoms with Gasteiger partial charge in [-0.25, -0.2) is 0 Å². The van der Waals surface area contributed by atoms with Gasteiger partial charge in [-0.15, -0.1) is 0 Å². The Balaban J connectivity index is 0.000000151. The molecule has 2 aromatic rings. The third kappa shape index (κ3) is 4.02. The minimum atomic E-state index is 0.0934. The van der Waals surface area contributed by atoms with Gasteiger partial charge in [-0.05, 0) is 72.6 Å². The van der Waals surface area contributed by atoms with Crippen LogP contribution in [0.2, 0.25) is 0 Å². The van der Waals surface area contributed by atoms with Crippen molar-refractivity contribution in [3.8, 4) is 0 Å². The molecule has 2 nitrogen and oxygen atoms in total. The van der Waals surface area contributed by atoms with E-state index in [0.29, 0.717) is 13.2 Å². The minimum Gasteiger partial charge on any atom is -0.396 e. The van der Waals surface area contributed by atoms with Gasteiger partial charge in [0.05, 0.1) is 0 Å². The predicted molar refractivity (Wildman–Crippen MR) is 108 cm³/mol. The zero-order chi connectivity index (χ0) is 18.9. The SMILES string of the molecule is Cc1ccc2c(c1)CC(C)(CO)C2.Cc1ccc2c(c1)CC(C)(CO)C2. The van der Waals surface area contributed by atoms with E-state index in [4.69, 9.17) is 0 Å². The van der Waals surface area contributed by atoms with E-state index in [1.807, 2.05) is 0 Å². The second-order valence-corrected chi connectivity index (χ2v) is 9.19. The van der Waals surface area contributed by atoms with E-state index in [9.17, 15) is 10.2 Å². The highest BCUT2D eigenvalue weighted by molar-refractivity contribution is 5.38. The summed E-state index contributed by atoms with van der Waals surface area (Å²) in [4.78, 5) is 0. The molecule has 4 rings (SSSR count). The molecule has 2 heteroatoms. The zero-order valence-corrected chi connectivity index (χ0v) is 16.6. The number of fused-ring (bicyclic) bond motifs is 2. The van der Waals surface area contributed by atoms with Gasteiger partial charge in [0.1, 0.15) is 0 Å². The molecule has 2 aliphatic rings. The molecule has 2 atom stereocenters. The van der Waals surface area contributed by atoms with Gasteiger partial charge in [-0.3, -0.25) is 0 Å². The van der Waals surface area contributed by atoms with Gasteiger partial charge in [0.2, 0.25) is 0 Å². The minimum absolute atomic E-state index is 0.0934. The molecule has 0 aliphatic heterocycles. The van der Waals surface area contributed by atoms with Crippen LogP contribution in [-0.4, -0.2) is 23.4 Å². The Kier molecular flexibility index (Phi) is 5.28. The van der Waals surface area contributed by atoms with Crippen molar-refractivity contribution < 1.29 is 10.2 Å². The molecule has 0 aromatic heterocycles. The number of hydrogen-bond donors (Lipinski definition) is 2. The lowest BCUT2D eigenvalue weighted by Gasteiger charge is -2.19. The standard InChI is InChI=1S/2C12H16O/c2*1-9-3-4-10-6-12(2,8-13)7-11(10)5-9/h2*3-5,13H,6-8H2,1-2H3. The van der Waals surface area contributed by atoms with Crippen LogP contribution in [0.25, 0.3) is 0 Å². The molecule has 140 valence electrons. The molecule has 0 fully saturated rings. The van der Waals surface area contributed by atoms with Gasteiger partial charge in [-0.2, -0.15) is 0 Å². The van der Waals surface area contributed by atoms with Crippen LogP contribution in [-0.2, 0) is 25.7 Å². The van der Waals surface area contributed by atoms with Crippen LogP contribution >= 0.6 is 0 Å².